The van der Waals surface area contributed by atoms with Crippen LogP contribution in [0, 0.1) is 11.8 Å². The van der Waals surface area contributed by atoms with E-state index in [1.54, 1.807) is 0 Å². The number of unbranched alkanes of at least 4 members (excludes halogenated alkanes) is 2. The van der Waals surface area contributed by atoms with E-state index in [1.165, 1.54) is 51.4 Å². The van der Waals surface area contributed by atoms with Crippen LogP contribution in [0.5, 0.6) is 0 Å². The summed E-state index contributed by atoms with van der Waals surface area (Å²) in [4.78, 5) is 0. The lowest BCUT2D eigenvalue weighted by molar-refractivity contribution is 0.228. The lowest BCUT2D eigenvalue weighted by Gasteiger charge is -2.36. The summed E-state index contributed by atoms with van der Waals surface area (Å²) in [7, 11) is 0. The van der Waals surface area contributed by atoms with Crippen molar-refractivity contribution in [3.8, 4) is 0 Å². The highest BCUT2D eigenvalue weighted by molar-refractivity contribution is 4.88. The minimum absolute atomic E-state index is 0.0960. The fourth-order valence-electron chi connectivity index (χ4n) is 2.57. The summed E-state index contributed by atoms with van der Waals surface area (Å²) >= 11 is 0. The van der Waals surface area contributed by atoms with Crippen molar-refractivity contribution in [2.45, 2.75) is 91.5 Å². The third-order valence-corrected chi connectivity index (χ3v) is 4.26. The third-order valence-electron chi connectivity index (χ3n) is 4.26. The number of hydrogen-bond acceptors (Lipinski definition) is 1. The van der Waals surface area contributed by atoms with Crippen molar-refractivity contribution in [3.05, 3.63) is 0 Å². The molecule has 0 saturated heterocycles. The Labute approximate surface area is 110 Å². The zero-order valence-electron chi connectivity index (χ0n) is 12.9. The molecule has 0 rings (SSSR count). The van der Waals surface area contributed by atoms with Gasteiger partial charge in [-0.15, -0.1) is 0 Å². The Hall–Kier alpha value is -0.0400. The molecule has 1 nitrogen and oxygen atoms in total. The summed E-state index contributed by atoms with van der Waals surface area (Å²) in [5.41, 5.74) is 6.78. The minimum atomic E-state index is 0.0960. The van der Waals surface area contributed by atoms with Crippen molar-refractivity contribution >= 4 is 0 Å². The monoisotopic (exact) mass is 241 g/mol. The molecule has 0 aromatic carbocycles. The van der Waals surface area contributed by atoms with Gasteiger partial charge in [0.05, 0.1) is 0 Å². The van der Waals surface area contributed by atoms with Crippen molar-refractivity contribution in [2.75, 3.05) is 0 Å². The fourth-order valence-corrected chi connectivity index (χ4v) is 2.57. The Bertz CT molecular complexity index is 176. The summed E-state index contributed by atoms with van der Waals surface area (Å²) in [6, 6.07) is 0. The Morgan fingerprint density at radius 3 is 2.00 bits per heavy atom. The molecule has 2 N–H and O–H groups in total. The average molecular weight is 241 g/mol. The second-order valence-corrected chi connectivity index (χ2v) is 6.29. The Balaban J connectivity index is 4.18. The van der Waals surface area contributed by atoms with Gasteiger partial charge >= 0.3 is 0 Å². The predicted molar refractivity (Wildman–Crippen MR) is 79.2 cm³/mol. The molecule has 2 unspecified atom stereocenters. The van der Waals surface area contributed by atoms with Crippen LogP contribution in [0.2, 0.25) is 0 Å². The Morgan fingerprint density at radius 2 is 1.53 bits per heavy atom. The predicted octanol–water partition coefficient (Wildman–Crippen LogP) is 5.14. The molecule has 104 valence electrons. The first-order valence-corrected chi connectivity index (χ1v) is 7.75. The van der Waals surface area contributed by atoms with Crippen LogP contribution in [0.1, 0.15) is 86.0 Å². The second kappa shape index (κ2) is 8.97. The summed E-state index contributed by atoms with van der Waals surface area (Å²) in [6.07, 6.45) is 10.2. The second-order valence-electron chi connectivity index (χ2n) is 6.29. The van der Waals surface area contributed by atoms with Gasteiger partial charge in [-0.25, -0.2) is 0 Å². The summed E-state index contributed by atoms with van der Waals surface area (Å²) in [5.74, 6) is 1.47. The maximum absolute atomic E-state index is 6.68. The lowest BCUT2D eigenvalue weighted by Crippen LogP contribution is -2.46. The third kappa shape index (κ3) is 7.08. The van der Waals surface area contributed by atoms with E-state index in [0.717, 1.165) is 5.92 Å². The molecule has 0 aliphatic carbocycles. The van der Waals surface area contributed by atoms with E-state index in [2.05, 4.69) is 34.6 Å². The molecule has 0 aliphatic rings. The smallest absolute Gasteiger partial charge is 0.0180 e. The normalized spacial score (nSPS) is 17.1. The van der Waals surface area contributed by atoms with Crippen LogP contribution in [-0.4, -0.2) is 5.54 Å². The van der Waals surface area contributed by atoms with Gasteiger partial charge in [0.25, 0.3) is 0 Å². The summed E-state index contributed by atoms with van der Waals surface area (Å²) < 4.78 is 0. The standard InChI is InChI=1S/C16H35N/c1-6-8-9-12-16(17,15(5)7-2)13-10-11-14(3)4/h14-15H,6-13,17H2,1-5H3. The number of nitrogens with two attached hydrogens (primary N) is 1. The number of rotatable bonds is 10. The minimum Gasteiger partial charge on any atom is -0.325 e. The topological polar surface area (TPSA) is 26.0 Å². The van der Waals surface area contributed by atoms with Gasteiger partial charge in [-0.2, -0.15) is 0 Å². The van der Waals surface area contributed by atoms with Gasteiger partial charge in [0, 0.05) is 5.54 Å². The van der Waals surface area contributed by atoms with Gasteiger partial charge in [-0.05, 0) is 24.7 Å². The van der Waals surface area contributed by atoms with Gasteiger partial charge in [0.2, 0.25) is 0 Å². The highest BCUT2D eigenvalue weighted by Crippen LogP contribution is 2.30. The lowest BCUT2D eigenvalue weighted by atomic mass is 9.76. The Kier molecular flexibility index (Phi) is 8.94. The molecular weight excluding hydrogens is 206 g/mol. The van der Waals surface area contributed by atoms with E-state index >= 15 is 0 Å². The van der Waals surface area contributed by atoms with Crippen molar-refractivity contribution in [1.82, 2.24) is 0 Å². The van der Waals surface area contributed by atoms with Crippen LogP contribution in [0.4, 0.5) is 0 Å². The van der Waals surface area contributed by atoms with E-state index in [4.69, 9.17) is 5.73 Å². The van der Waals surface area contributed by atoms with Crippen LogP contribution in [0.15, 0.2) is 0 Å². The zero-order chi connectivity index (χ0) is 13.3. The molecule has 0 heterocycles. The first kappa shape index (κ1) is 17.0. The van der Waals surface area contributed by atoms with E-state index < -0.39 is 0 Å². The molecule has 17 heavy (non-hydrogen) atoms. The maximum atomic E-state index is 6.68. The summed E-state index contributed by atoms with van der Waals surface area (Å²) in [6.45, 7) is 11.5. The molecule has 0 amide bonds. The van der Waals surface area contributed by atoms with Crippen molar-refractivity contribution in [3.63, 3.8) is 0 Å². The highest BCUT2D eigenvalue weighted by atomic mass is 14.8. The molecule has 1 heteroatoms. The maximum Gasteiger partial charge on any atom is 0.0180 e. The van der Waals surface area contributed by atoms with Gasteiger partial charge in [0.1, 0.15) is 0 Å². The van der Waals surface area contributed by atoms with Crippen LogP contribution < -0.4 is 5.73 Å². The van der Waals surface area contributed by atoms with Crippen LogP contribution in [0.25, 0.3) is 0 Å². The van der Waals surface area contributed by atoms with Gasteiger partial charge in [-0.3, -0.25) is 0 Å². The largest absolute Gasteiger partial charge is 0.325 e. The molecule has 0 aliphatic heterocycles. The van der Waals surface area contributed by atoms with Crippen molar-refractivity contribution < 1.29 is 0 Å². The molecule has 0 fully saturated rings. The van der Waals surface area contributed by atoms with E-state index in [1.807, 2.05) is 0 Å². The van der Waals surface area contributed by atoms with Crippen LogP contribution in [-0.2, 0) is 0 Å². The van der Waals surface area contributed by atoms with Gasteiger partial charge in [0.15, 0.2) is 0 Å². The van der Waals surface area contributed by atoms with Crippen LogP contribution in [0.3, 0.4) is 0 Å². The molecule has 2 atom stereocenters. The van der Waals surface area contributed by atoms with Crippen molar-refractivity contribution in [2.24, 2.45) is 17.6 Å². The van der Waals surface area contributed by atoms with Crippen LogP contribution >= 0.6 is 0 Å². The zero-order valence-corrected chi connectivity index (χ0v) is 12.9. The SMILES string of the molecule is CCCCCC(N)(CCCC(C)C)C(C)CC. The quantitative estimate of drug-likeness (QED) is 0.527. The molecule has 0 spiro atoms. The number of hydrogen-bond donors (Lipinski definition) is 1. The van der Waals surface area contributed by atoms with E-state index in [0.29, 0.717) is 5.92 Å². The van der Waals surface area contributed by atoms with E-state index in [9.17, 15) is 0 Å². The molecule has 0 saturated carbocycles. The van der Waals surface area contributed by atoms with Gasteiger partial charge in [-0.1, -0.05) is 73.1 Å². The molecule has 0 aromatic heterocycles. The molecular formula is C16H35N. The first-order chi connectivity index (χ1) is 7.96. The Morgan fingerprint density at radius 1 is 0.941 bits per heavy atom. The average Bonchev–Trinajstić information content (AvgIpc) is 2.27. The molecule has 0 aromatic rings. The molecule has 0 bridgehead atoms. The van der Waals surface area contributed by atoms with Crippen molar-refractivity contribution in [1.29, 1.82) is 0 Å². The summed E-state index contributed by atoms with van der Waals surface area (Å²) in [5, 5.41) is 0. The molecule has 0 radical (unpaired) electrons. The highest BCUT2D eigenvalue weighted by Gasteiger charge is 2.29. The first-order valence-electron chi connectivity index (χ1n) is 7.75. The fraction of sp³-hybridized carbons (Fsp3) is 1.00. The van der Waals surface area contributed by atoms with E-state index in [-0.39, 0.29) is 5.54 Å². The van der Waals surface area contributed by atoms with Gasteiger partial charge < -0.3 is 5.73 Å².